The zero-order chi connectivity index (χ0) is 11.4. The molecule has 0 aliphatic rings. The summed E-state index contributed by atoms with van der Waals surface area (Å²) in [4.78, 5) is 7.86. The van der Waals surface area contributed by atoms with Crippen LogP contribution in [0.5, 0.6) is 0 Å². The van der Waals surface area contributed by atoms with E-state index in [1.807, 2.05) is 0 Å². The maximum Gasteiger partial charge on any atom is 0.150 e. The summed E-state index contributed by atoms with van der Waals surface area (Å²) in [6.07, 6.45) is 3.13. The van der Waals surface area contributed by atoms with Crippen LogP contribution < -0.4 is 5.73 Å². The van der Waals surface area contributed by atoms with Gasteiger partial charge in [-0.3, -0.25) is 0 Å². The molecule has 0 fully saturated rings. The van der Waals surface area contributed by atoms with E-state index in [4.69, 9.17) is 5.73 Å². The molecule has 2 N–H and O–H groups in total. The van der Waals surface area contributed by atoms with E-state index < -0.39 is 0 Å². The van der Waals surface area contributed by atoms with Gasteiger partial charge in [-0.15, -0.1) is 11.8 Å². The molecule has 82 valence electrons. The zero-order valence-corrected chi connectivity index (χ0v) is 9.25. The van der Waals surface area contributed by atoms with Gasteiger partial charge in [0.1, 0.15) is 12.1 Å². The highest BCUT2D eigenvalue weighted by Gasteiger charge is 2.05. The number of nitrogens with zero attached hydrogens (tertiary/aromatic N) is 2. The molecule has 0 radical (unpaired) electrons. The van der Waals surface area contributed by atoms with E-state index >= 15 is 0 Å². The summed E-state index contributed by atoms with van der Waals surface area (Å²) in [6, 6.07) is 6.80. The molecule has 2 rings (SSSR count). The van der Waals surface area contributed by atoms with Gasteiger partial charge >= 0.3 is 0 Å². The molecule has 1 heterocycles. The van der Waals surface area contributed by atoms with Crippen molar-refractivity contribution in [3.05, 3.63) is 48.2 Å². The summed E-state index contributed by atoms with van der Waals surface area (Å²) in [5, 5.41) is 0.817. The fourth-order valence-electron chi connectivity index (χ4n) is 1.23. The molecule has 0 saturated carbocycles. The predicted octanol–water partition coefficient (Wildman–Crippen LogP) is 2.49. The molecule has 0 unspecified atom stereocenters. The van der Waals surface area contributed by atoms with Crippen LogP contribution >= 0.6 is 11.8 Å². The minimum absolute atomic E-state index is 0.181. The van der Waals surface area contributed by atoms with Crippen LogP contribution in [0.3, 0.4) is 0 Å². The second-order valence-corrected chi connectivity index (χ2v) is 4.15. The third-order valence-electron chi connectivity index (χ3n) is 2.04. The van der Waals surface area contributed by atoms with Crippen LogP contribution in [-0.2, 0) is 5.75 Å². The zero-order valence-electron chi connectivity index (χ0n) is 8.43. The van der Waals surface area contributed by atoms with Crippen molar-refractivity contribution in [2.75, 3.05) is 5.73 Å². The number of nitrogen functional groups attached to an aromatic ring is 1. The van der Waals surface area contributed by atoms with Gasteiger partial charge in [-0.1, -0.05) is 12.1 Å². The number of halogens is 1. The van der Waals surface area contributed by atoms with Crippen LogP contribution in [0.25, 0.3) is 0 Å². The van der Waals surface area contributed by atoms with E-state index in [2.05, 4.69) is 9.97 Å². The fourth-order valence-corrected chi connectivity index (χ4v) is 2.03. The molecule has 0 aliphatic carbocycles. The Balaban J connectivity index is 2.08. The number of nitrogens with two attached hydrogens (primary N) is 1. The molecule has 16 heavy (non-hydrogen) atoms. The van der Waals surface area contributed by atoms with Crippen LogP contribution in [0, 0.1) is 5.82 Å². The largest absolute Gasteiger partial charge is 0.396 e. The fraction of sp³-hybridized carbons (Fsp3) is 0.0909. The number of rotatable bonds is 3. The number of aromatic nitrogens is 2. The lowest BCUT2D eigenvalue weighted by molar-refractivity contribution is 0.622. The monoisotopic (exact) mass is 235 g/mol. The normalized spacial score (nSPS) is 10.3. The van der Waals surface area contributed by atoms with E-state index in [1.54, 1.807) is 30.5 Å². The van der Waals surface area contributed by atoms with Crippen LogP contribution in [0.1, 0.15) is 5.56 Å². The van der Waals surface area contributed by atoms with Crippen LogP contribution in [-0.4, -0.2) is 9.97 Å². The lowest BCUT2D eigenvalue weighted by atomic mass is 10.2. The van der Waals surface area contributed by atoms with Gasteiger partial charge in [0.2, 0.25) is 0 Å². The minimum atomic E-state index is -0.343. The number of anilines is 1. The highest BCUT2D eigenvalue weighted by Crippen LogP contribution is 2.23. The number of benzene rings is 1. The third-order valence-corrected chi connectivity index (χ3v) is 3.03. The molecule has 1 aromatic heterocycles. The Morgan fingerprint density at radius 1 is 1.31 bits per heavy atom. The molecule has 1 aromatic carbocycles. The average Bonchev–Trinajstić information content (AvgIpc) is 2.32. The first-order chi connectivity index (χ1) is 7.77. The number of hydrogen-bond donors (Lipinski definition) is 1. The van der Waals surface area contributed by atoms with Crippen LogP contribution in [0.2, 0.25) is 0 Å². The van der Waals surface area contributed by atoms with Gasteiger partial charge in [-0.25, -0.2) is 14.4 Å². The highest BCUT2D eigenvalue weighted by atomic mass is 32.2. The SMILES string of the molecule is Nc1cccc(CSc2ccncn2)c1F. The Labute approximate surface area is 96.9 Å². The van der Waals surface area contributed by atoms with Crippen LogP contribution in [0.15, 0.2) is 41.8 Å². The number of hydrogen-bond acceptors (Lipinski definition) is 4. The molecule has 0 aliphatic heterocycles. The van der Waals surface area contributed by atoms with Gasteiger partial charge in [0.25, 0.3) is 0 Å². The quantitative estimate of drug-likeness (QED) is 0.504. The maximum atomic E-state index is 13.5. The first-order valence-electron chi connectivity index (χ1n) is 4.69. The van der Waals surface area contributed by atoms with E-state index in [0.29, 0.717) is 11.3 Å². The lowest BCUT2D eigenvalue weighted by Crippen LogP contribution is -1.95. The lowest BCUT2D eigenvalue weighted by Gasteiger charge is -2.04. The summed E-state index contributed by atoms with van der Waals surface area (Å²) >= 11 is 1.45. The molecule has 3 nitrogen and oxygen atoms in total. The molecule has 5 heteroatoms. The van der Waals surface area contributed by atoms with Gasteiger partial charge < -0.3 is 5.73 Å². The summed E-state index contributed by atoms with van der Waals surface area (Å²) in [5.74, 6) is 0.164. The molecular formula is C11H10FN3S. The maximum absolute atomic E-state index is 13.5. The molecule has 2 aromatic rings. The summed E-state index contributed by atoms with van der Waals surface area (Å²) < 4.78 is 13.5. The highest BCUT2D eigenvalue weighted by molar-refractivity contribution is 7.98. The van der Waals surface area contributed by atoms with Crippen molar-refractivity contribution in [1.82, 2.24) is 9.97 Å². The molecular weight excluding hydrogens is 225 g/mol. The van der Waals surface area contributed by atoms with Crippen molar-refractivity contribution in [3.63, 3.8) is 0 Å². The standard InChI is InChI=1S/C11H10FN3S/c12-11-8(2-1-3-9(11)13)6-16-10-4-5-14-7-15-10/h1-5,7H,6,13H2. The summed E-state index contributed by atoms with van der Waals surface area (Å²) in [6.45, 7) is 0. The van der Waals surface area contributed by atoms with E-state index in [-0.39, 0.29) is 11.5 Å². The Kier molecular flexibility index (Phi) is 3.36. The molecule has 0 spiro atoms. The van der Waals surface area contributed by atoms with Crippen molar-refractivity contribution < 1.29 is 4.39 Å². The number of thioether (sulfide) groups is 1. The average molecular weight is 235 g/mol. The van der Waals surface area contributed by atoms with Gasteiger partial charge in [0.05, 0.1) is 10.7 Å². The molecule has 0 bridgehead atoms. The van der Waals surface area contributed by atoms with E-state index in [9.17, 15) is 4.39 Å². The molecule has 0 amide bonds. The first-order valence-corrected chi connectivity index (χ1v) is 5.67. The minimum Gasteiger partial charge on any atom is -0.396 e. The van der Waals surface area contributed by atoms with Gasteiger partial charge in [-0.2, -0.15) is 0 Å². The van der Waals surface area contributed by atoms with E-state index in [0.717, 1.165) is 5.03 Å². The second kappa shape index (κ2) is 4.94. The van der Waals surface area contributed by atoms with Crippen molar-refractivity contribution in [2.45, 2.75) is 10.8 Å². The topological polar surface area (TPSA) is 51.8 Å². The van der Waals surface area contributed by atoms with Crippen molar-refractivity contribution >= 4 is 17.4 Å². The Bertz CT molecular complexity index is 476. The molecule has 0 saturated heterocycles. The summed E-state index contributed by atoms with van der Waals surface area (Å²) in [5.41, 5.74) is 6.25. The third kappa shape index (κ3) is 2.49. The van der Waals surface area contributed by atoms with Crippen molar-refractivity contribution in [3.8, 4) is 0 Å². The van der Waals surface area contributed by atoms with Gasteiger partial charge in [-0.05, 0) is 12.1 Å². The van der Waals surface area contributed by atoms with E-state index in [1.165, 1.54) is 18.1 Å². The first kappa shape index (κ1) is 10.9. The Hall–Kier alpha value is -1.62. The Morgan fingerprint density at radius 3 is 2.94 bits per heavy atom. The Morgan fingerprint density at radius 2 is 2.19 bits per heavy atom. The molecule has 0 atom stereocenters. The van der Waals surface area contributed by atoms with Crippen molar-refractivity contribution in [1.29, 1.82) is 0 Å². The second-order valence-electron chi connectivity index (χ2n) is 3.16. The van der Waals surface area contributed by atoms with Crippen LogP contribution in [0.4, 0.5) is 10.1 Å². The smallest absolute Gasteiger partial charge is 0.150 e. The summed E-state index contributed by atoms with van der Waals surface area (Å²) in [7, 11) is 0. The van der Waals surface area contributed by atoms with Crippen molar-refractivity contribution in [2.24, 2.45) is 0 Å². The van der Waals surface area contributed by atoms with Gasteiger partial charge in [0, 0.05) is 17.5 Å². The van der Waals surface area contributed by atoms with Gasteiger partial charge in [0.15, 0.2) is 0 Å². The predicted molar refractivity (Wildman–Crippen MR) is 62.4 cm³/mol.